The minimum absolute atomic E-state index is 0.951. The summed E-state index contributed by atoms with van der Waals surface area (Å²) in [7, 11) is 0. The van der Waals surface area contributed by atoms with E-state index in [1.807, 2.05) is 24.3 Å². The van der Waals surface area contributed by atoms with Crippen molar-refractivity contribution in [2.45, 2.75) is 12.8 Å². The molecule has 0 aliphatic heterocycles. The molecule has 0 amide bonds. The summed E-state index contributed by atoms with van der Waals surface area (Å²) in [4.78, 5) is 3.10. The van der Waals surface area contributed by atoms with Gasteiger partial charge in [0.05, 0.1) is 5.56 Å². The highest BCUT2D eigenvalue weighted by Gasteiger charge is 2.02. The molecular weight excluding hydrogens is 208 g/mol. The van der Waals surface area contributed by atoms with Crippen LogP contribution in [-0.4, -0.2) is 11.0 Å². The predicted molar refractivity (Wildman–Crippen MR) is 69.1 cm³/mol. The molecule has 0 saturated heterocycles. The molecule has 0 fully saturated rings. The van der Waals surface area contributed by atoms with Gasteiger partial charge in [0, 0.05) is 0 Å². The molecule has 0 N–H and O–H groups in total. The first-order valence-electron chi connectivity index (χ1n) is 5.69. The minimum Gasteiger partial charge on any atom is -0.361 e. The zero-order valence-corrected chi connectivity index (χ0v) is 9.58. The van der Waals surface area contributed by atoms with Gasteiger partial charge >= 0.3 is 0 Å². The van der Waals surface area contributed by atoms with Gasteiger partial charge in [0.15, 0.2) is 0 Å². The Hall–Kier alpha value is -2.18. The molecule has 2 aromatic carbocycles. The van der Waals surface area contributed by atoms with E-state index in [0.717, 1.165) is 18.4 Å². The average Bonchev–Trinajstić information content (AvgIpc) is 2.39. The molecule has 0 spiro atoms. The highest BCUT2D eigenvalue weighted by atomic mass is 14.8. The smallest absolute Gasteiger partial charge is 0.288 e. The summed E-state index contributed by atoms with van der Waals surface area (Å²) in [5.41, 5.74) is 12.1. The number of nitrogens with zero attached hydrogens (tertiary/aromatic N) is 2. The summed E-state index contributed by atoms with van der Waals surface area (Å²) < 4.78 is 0. The van der Waals surface area contributed by atoms with Crippen molar-refractivity contribution >= 4 is 6.21 Å². The van der Waals surface area contributed by atoms with Crippen molar-refractivity contribution in [2.24, 2.45) is 0 Å². The van der Waals surface area contributed by atoms with Gasteiger partial charge in [-0.2, -0.15) is 4.79 Å². The topological polar surface area (TPSA) is 36.4 Å². The number of hydrogen-bond donors (Lipinski definition) is 0. The Balaban J connectivity index is 2.11. The molecule has 2 rings (SSSR count). The molecule has 84 valence electrons. The van der Waals surface area contributed by atoms with Gasteiger partial charge in [0.25, 0.3) is 6.21 Å². The molecule has 0 radical (unpaired) electrons. The normalized spacial score (nSPS) is 9.65. The van der Waals surface area contributed by atoms with E-state index in [0.29, 0.717) is 0 Å². The summed E-state index contributed by atoms with van der Waals surface area (Å²) in [6, 6.07) is 18.4. The van der Waals surface area contributed by atoms with Gasteiger partial charge in [0.2, 0.25) is 0 Å². The van der Waals surface area contributed by atoms with Crippen molar-refractivity contribution in [2.75, 3.05) is 0 Å². The van der Waals surface area contributed by atoms with Gasteiger partial charge in [-0.3, -0.25) is 0 Å². The molecule has 2 heteroatoms. The third-order valence-corrected chi connectivity index (χ3v) is 2.78. The first-order valence-corrected chi connectivity index (χ1v) is 5.69. The van der Waals surface area contributed by atoms with Crippen LogP contribution in [0, 0.1) is 0 Å². The molecule has 0 atom stereocenters. The highest BCUT2D eigenvalue weighted by Crippen LogP contribution is 2.10. The second-order valence-electron chi connectivity index (χ2n) is 3.93. The second kappa shape index (κ2) is 5.78. The van der Waals surface area contributed by atoms with Crippen molar-refractivity contribution in [3.8, 4) is 0 Å². The van der Waals surface area contributed by atoms with Crippen LogP contribution in [0.3, 0.4) is 0 Å². The van der Waals surface area contributed by atoms with Gasteiger partial charge in [-0.25, -0.2) is 0 Å². The number of hydrogen-bond acceptors (Lipinski definition) is 0. The summed E-state index contributed by atoms with van der Waals surface area (Å²) in [6.07, 6.45) is 3.43. The van der Waals surface area contributed by atoms with E-state index in [2.05, 4.69) is 35.1 Å². The Bertz CT molecular complexity index is 526. The fourth-order valence-electron chi connectivity index (χ4n) is 1.87. The van der Waals surface area contributed by atoms with E-state index in [1.165, 1.54) is 17.3 Å². The van der Waals surface area contributed by atoms with Crippen molar-refractivity contribution in [1.29, 1.82) is 0 Å². The lowest BCUT2D eigenvalue weighted by molar-refractivity contribution is 0.00451. The molecule has 17 heavy (non-hydrogen) atoms. The zero-order valence-electron chi connectivity index (χ0n) is 9.58. The molecule has 0 aliphatic carbocycles. The largest absolute Gasteiger partial charge is 0.361 e. The zero-order chi connectivity index (χ0) is 11.9. The average molecular weight is 222 g/mol. The Morgan fingerprint density at radius 3 is 2.35 bits per heavy atom. The molecule has 0 aromatic heterocycles. The van der Waals surface area contributed by atoms with E-state index >= 15 is 0 Å². The van der Waals surface area contributed by atoms with Gasteiger partial charge in [-0.15, -0.1) is 0 Å². The third-order valence-electron chi connectivity index (χ3n) is 2.78. The van der Waals surface area contributed by atoms with E-state index in [4.69, 9.17) is 5.53 Å². The Morgan fingerprint density at radius 1 is 0.882 bits per heavy atom. The molecule has 0 unspecified atom stereocenters. The van der Waals surface area contributed by atoms with Crippen molar-refractivity contribution in [3.05, 3.63) is 76.8 Å². The predicted octanol–water partition coefficient (Wildman–Crippen LogP) is 3.12. The Kier molecular flexibility index (Phi) is 3.85. The Morgan fingerprint density at radius 2 is 1.59 bits per heavy atom. The molecule has 2 nitrogen and oxygen atoms in total. The van der Waals surface area contributed by atoms with E-state index < -0.39 is 0 Å². The lowest BCUT2D eigenvalue weighted by Crippen LogP contribution is -1.96. The molecule has 0 bridgehead atoms. The van der Waals surface area contributed by atoms with E-state index in [-0.39, 0.29) is 0 Å². The lowest BCUT2D eigenvalue weighted by atomic mass is 10.0. The van der Waals surface area contributed by atoms with Gasteiger partial charge in [-0.1, -0.05) is 48.5 Å². The molecule has 0 heterocycles. The third kappa shape index (κ3) is 3.13. The maximum absolute atomic E-state index is 8.60. The van der Waals surface area contributed by atoms with Crippen LogP contribution in [0.5, 0.6) is 0 Å². The number of aryl methyl sites for hydroxylation is 2. The van der Waals surface area contributed by atoms with Crippen LogP contribution in [0.1, 0.15) is 16.7 Å². The fourth-order valence-corrected chi connectivity index (χ4v) is 1.87. The second-order valence-corrected chi connectivity index (χ2v) is 3.93. The summed E-state index contributed by atoms with van der Waals surface area (Å²) in [5, 5.41) is 0. The van der Waals surface area contributed by atoms with E-state index in [9.17, 15) is 0 Å². The number of rotatable bonds is 4. The van der Waals surface area contributed by atoms with Gasteiger partial charge in [-0.05, 0) is 30.0 Å². The minimum atomic E-state index is 0.951. The summed E-state index contributed by atoms with van der Waals surface area (Å²) >= 11 is 0. The van der Waals surface area contributed by atoms with Crippen LogP contribution in [-0.2, 0) is 12.8 Å². The number of benzene rings is 2. The first-order chi connectivity index (χ1) is 8.40. The molecule has 0 aliphatic rings. The fraction of sp³-hybridized carbons (Fsp3) is 0.133. The standard InChI is InChI=1S/C15H14N2/c16-17-12-15-9-5-4-8-14(15)11-10-13-6-2-1-3-7-13/h1-9,12H,10-11H2. The summed E-state index contributed by atoms with van der Waals surface area (Å²) in [6.45, 7) is 0. The highest BCUT2D eigenvalue weighted by molar-refractivity contribution is 5.77. The monoisotopic (exact) mass is 222 g/mol. The van der Waals surface area contributed by atoms with Crippen LogP contribution in [0.25, 0.3) is 5.53 Å². The van der Waals surface area contributed by atoms with Gasteiger partial charge in [0.1, 0.15) is 0 Å². The summed E-state index contributed by atoms with van der Waals surface area (Å²) in [5.74, 6) is 0. The molecule has 0 saturated carbocycles. The molecule has 2 aromatic rings. The lowest BCUT2D eigenvalue weighted by Gasteiger charge is -2.03. The van der Waals surface area contributed by atoms with Crippen LogP contribution < -0.4 is 0 Å². The van der Waals surface area contributed by atoms with Crippen molar-refractivity contribution in [3.63, 3.8) is 0 Å². The van der Waals surface area contributed by atoms with Crippen LogP contribution >= 0.6 is 0 Å². The first kappa shape index (κ1) is 11.3. The van der Waals surface area contributed by atoms with Gasteiger partial charge < -0.3 is 5.53 Å². The quantitative estimate of drug-likeness (QED) is 0.433. The van der Waals surface area contributed by atoms with Crippen LogP contribution in [0.2, 0.25) is 0 Å². The maximum Gasteiger partial charge on any atom is 0.288 e. The Labute approximate surface area is 101 Å². The maximum atomic E-state index is 8.60. The van der Waals surface area contributed by atoms with E-state index in [1.54, 1.807) is 0 Å². The SMILES string of the molecule is [N-]=[N+]=Cc1ccccc1CCc1ccccc1. The van der Waals surface area contributed by atoms with Crippen LogP contribution in [0.15, 0.2) is 54.6 Å². The molecular formula is C15H14N2. The van der Waals surface area contributed by atoms with Crippen molar-refractivity contribution in [1.82, 2.24) is 0 Å². The van der Waals surface area contributed by atoms with Crippen LogP contribution in [0.4, 0.5) is 0 Å². The van der Waals surface area contributed by atoms with Crippen molar-refractivity contribution < 1.29 is 4.79 Å².